The molecule has 136 valence electrons. The Hall–Kier alpha value is -1.86. The first-order valence-corrected chi connectivity index (χ1v) is 8.85. The van der Waals surface area contributed by atoms with Crippen LogP contribution in [0.25, 0.3) is 0 Å². The number of aliphatic carboxylic acids is 1. The lowest BCUT2D eigenvalue weighted by Gasteiger charge is -2.29. The number of carboxylic acid groups (broad SMARTS) is 1. The first kappa shape index (κ1) is 16.6. The molecule has 0 aliphatic carbocycles. The monoisotopic (exact) mass is 348 g/mol. The van der Waals surface area contributed by atoms with Gasteiger partial charge in [-0.3, -0.25) is 14.5 Å². The number of aryl methyl sites for hydroxylation is 2. The number of hydrogen-bond donors (Lipinski definition) is 2. The first-order chi connectivity index (χ1) is 11.9. The number of hydrogen-bond acceptors (Lipinski definition) is 5. The Morgan fingerprint density at radius 3 is 2.92 bits per heavy atom. The fourth-order valence-corrected chi connectivity index (χ4v) is 5.03. The molecule has 0 saturated carbocycles. The molecule has 0 aromatic carbocycles. The Morgan fingerprint density at radius 1 is 1.44 bits per heavy atom. The van der Waals surface area contributed by atoms with Gasteiger partial charge in [-0.2, -0.15) is 0 Å². The number of amides is 1. The second kappa shape index (κ2) is 5.85. The molecule has 3 saturated heterocycles. The van der Waals surface area contributed by atoms with Gasteiger partial charge in [-0.25, -0.2) is 0 Å². The quantitative estimate of drug-likeness (QED) is 0.830. The van der Waals surface area contributed by atoms with Gasteiger partial charge in [0.1, 0.15) is 11.5 Å². The van der Waals surface area contributed by atoms with E-state index >= 15 is 0 Å². The summed E-state index contributed by atoms with van der Waals surface area (Å²) < 4.78 is 11.7. The summed E-state index contributed by atoms with van der Waals surface area (Å²) in [5.41, 5.74) is 0.368. The highest BCUT2D eigenvalue weighted by Gasteiger charge is 2.62. The Bertz CT molecular complexity index is 714. The number of carboxylic acids is 1. The van der Waals surface area contributed by atoms with Crippen LogP contribution in [0.5, 0.6) is 0 Å². The lowest BCUT2D eigenvalue weighted by molar-refractivity contribution is -0.138. The van der Waals surface area contributed by atoms with Gasteiger partial charge in [-0.05, 0) is 32.8 Å². The van der Waals surface area contributed by atoms with Gasteiger partial charge in [0, 0.05) is 31.5 Å². The van der Waals surface area contributed by atoms with Gasteiger partial charge in [0.25, 0.3) is 5.91 Å². The van der Waals surface area contributed by atoms with Gasteiger partial charge in [0.05, 0.1) is 23.8 Å². The molecule has 4 rings (SSSR count). The molecule has 0 radical (unpaired) electrons. The summed E-state index contributed by atoms with van der Waals surface area (Å²) in [6.45, 7) is 5.64. The normalized spacial score (nSPS) is 33.6. The number of ether oxygens (including phenoxy) is 1. The van der Waals surface area contributed by atoms with Gasteiger partial charge in [-0.15, -0.1) is 0 Å². The molecule has 0 unspecified atom stereocenters. The van der Waals surface area contributed by atoms with Crippen LogP contribution >= 0.6 is 0 Å². The second-order valence-electron chi connectivity index (χ2n) is 7.63. The van der Waals surface area contributed by atoms with Crippen molar-refractivity contribution in [3.05, 3.63) is 23.2 Å². The maximum atomic E-state index is 12.4. The molecule has 1 amide bonds. The van der Waals surface area contributed by atoms with Crippen molar-refractivity contribution in [2.75, 3.05) is 26.2 Å². The smallest absolute Gasteiger partial charge is 0.317 e. The fraction of sp³-hybridized carbons (Fsp3) is 0.667. The number of likely N-dealkylation sites (tertiary alicyclic amines) is 1. The number of fused-ring (bicyclic) bond motifs is 1. The van der Waals surface area contributed by atoms with E-state index in [1.807, 2.05) is 11.8 Å². The number of carbonyl (C=O) groups is 2. The summed E-state index contributed by atoms with van der Waals surface area (Å²) in [7, 11) is 0. The van der Waals surface area contributed by atoms with Crippen LogP contribution in [0.4, 0.5) is 0 Å². The van der Waals surface area contributed by atoms with Crippen molar-refractivity contribution in [1.82, 2.24) is 10.2 Å². The lowest BCUT2D eigenvalue weighted by atomic mass is 9.73. The molecule has 7 nitrogen and oxygen atoms in total. The summed E-state index contributed by atoms with van der Waals surface area (Å²) in [5, 5.41) is 12.1. The number of furan rings is 1. The maximum absolute atomic E-state index is 12.4. The van der Waals surface area contributed by atoms with Crippen molar-refractivity contribution in [3.8, 4) is 0 Å². The van der Waals surface area contributed by atoms with E-state index in [2.05, 4.69) is 5.32 Å². The molecule has 7 heteroatoms. The van der Waals surface area contributed by atoms with Crippen LogP contribution in [0.1, 0.15) is 34.7 Å². The van der Waals surface area contributed by atoms with Crippen molar-refractivity contribution in [3.63, 3.8) is 0 Å². The van der Waals surface area contributed by atoms with Crippen LogP contribution in [-0.2, 0) is 9.53 Å². The standard InChI is InChI=1S/C18H24N2O5/c1-10-5-12(11(2)24-10)17(23)19-6-13-14-7-20(8-16(21)22)9-18(14)4-3-15(13)25-18/h5,13-15H,3-4,6-9H2,1-2H3,(H,19,23)(H,21,22)/t13-,14+,15+,18+/m0/s1. The number of carbonyl (C=O) groups excluding carboxylic acids is 1. The number of nitrogens with one attached hydrogen (secondary N) is 1. The van der Waals surface area contributed by atoms with Crippen molar-refractivity contribution < 1.29 is 23.8 Å². The first-order valence-electron chi connectivity index (χ1n) is 8.85. The topological polar surface area (TPSA) is 92.0 Å². The SMILES string of the molecule is Cc1cc(C(=O)NC[C@H]2[C@H]3CN(CC(=O)O)C[C@]34CC[C@H]2O4)c(C)o1. The van der Waals surface area contributed by atoms with Gasteiger partial charge >= 0.3 is 5.97 Å². The molecular weight excluding hydrogens is 324 g/mol. The third-order valence-corrected chi connectivity index (χ3v) is 6.00. The fourth-order valence-electron chi connectivity index (χ4n) is 5.03. The van der Waals surface area contributed by atoms with E-state index in [4.69, 9.17) is 14.3 Å². The van der Waals surface area contributed by atoms with E-state index in [1.165, 1.54) is 0 Å². The van der Waals surface area contributed by atoms with Crippen molar-refractivity contribution in [1.29, 1.82) is 0 Å². The van der Waals surface area contributed by atoms with Crippen LogP contribution in [-0.4, -0.2) is 59.8 Å². The summed E-state index contributed by atoms with van der Waals surface area (Å²) in [5.74, 6) is 0.963. The van der Waals surface area contributed by atoms with Crippen molar-refractivity contribution in [2.24, 2.45) is 11.8 Å². The van der Waals surface area contributed by atoms with Crippen LogP contribution in [0.2, 0.25) is 0 Å². The number of nitrogens with zero attached hydrogens (tertiary/aromatic N) is 1. The maximum Gasteiger partial charge on any atom is 0.317 e. The summed E-state index contributed by atoms with van der Waals surface area (Å²) in [6, 6.07) is 1.76. The van der Waals surface area contributed by atoms with Crippen molar-refractivity contribution >= 4 is 11.9 Å². The Labute approximate surface area is 146 Å². The van der Waals surface area contributed by atoms with Gasteiger partial charge in [-0.1, -0.05) is 0 Å². The number of rotatable bonds is 5. The minimum absolute atomic E-state index is 0.0544. The van der Waals surface area contributed by atoms with E-state index in [0.717, 1.165) is 25.1 Å². The second-order valence-corrected chi connectivity index (χ2v) is 7.63. The highest BCUT2D eigenvalue weighted by molar-refractivity contribution is 5.95. The van der Waals surface area contributed by atoms with Gasteiger partial charge in [0.2, 0.25) is 0 Å². The molecule has 2 N–H and O–H groups in total. The van der Waals surface area contributed by atoms with Crippen LogP contribution in [0.3, 0.4) is 0 Å². The lowest BCUT2D eigenvalue weighted by Crippen LogP contribution is -2.41. The molecule has 4 atom stereocenters. The molecule has 25 heavy (non-hydrogen) atoms. The average Bonchev–Trinajstić information content (AvgIpc) is 3.23. The molecule has 1 aromatic rings. The van der Waals surface area contributed by atoms with E-state index < -0.39 is 5.97 Å². The highest BCUT2D eigenvalue weighted by Crippen LogP contribution is 2.54. The summed E-state index contributed by atoms with van der Waals surface area (Å²) in [6.07, 6.45) is 2.15. The van der Waals surface area contributed by atoms with Crippen LogP contribution < -0.4 is 5.32 Å². The predicted molar refractivity (Wildman–Crippen MR) is 88.4 cm³/mol. The molecule has 3 aliphatic heterocycles. The Kier molecular flexibility index (Phi) is 3.88. The minimum Gasteiger partial charge on any atom is -0.480 e. The zero-order valence-electron chi connectivity index (χ0n) is 14.6. The molecule has 2 bridgehead atoms. The van der Waals surface area contributed by atoms with Gasteiger partial charge in [0.15, 0.2) is 0 Å². The molecule has 1 spiro atoms. The molecule has 3 fully saturated rings. The largest absolute Gasteiger partial charge is 0.480 e. The minimum atomic E-state index is -0.804. The van der Waals surface area contributed by atoms with E-state index in [0.29, 0.717) is 24.4 Å². The Balaban J connectivity index is 1.42. The average molecular weight is 348 g/mol. The van der Waals surface area contributed by atoms with E-state index in [-0.39, 0.29) is 36.0 Å². The van der Waals surface area contributed by atoms with Gasteiger partial charge < -0.3 is 19.6 Å². The molecule has 4 heterocycles. The third kappa shape index (κ3) is 2.75. The van der Waals surface area contributed by atoms with Crippen LogP contribution in [0.15, 0.2) is 10.5 Å². The van der Waals surface area contributed by atoms with Crippen molar-refractivity contribution in [2.45, 2.75) is 38.4 Å². The summed E-state index contributed by atoms with van der Waals surface area (Å²) >= 11 is 0. The van der Waals surface area contributed by atoms with E-state index in [1.54, 1.807) is 13.0 Å². The zero-order valence-corrected chi connectivity index (χ0v) is 14.6. The molecular formula is C18H24N2O5. The van der Waals surface area contributed by atoms with Crippen LogP contribution in [0, 0.1) is 25.7 Å². The van der Waals surface area contributed by atoms with E-state index in [9.17, 15) is 9.59 Å². The molecule has 3 aliphatic rings. The Morgan fingerprint density at radius 2 is 2.24 bits per heavy atom. The predicted octanol–water partition coefficient (Wildman–Crippen LogP) is 1.19. The summed E-state index contributed by atoms with van der Waals surface area (Å²) in [4.78, 5) is 25.4. The zero-order chi connectivity index (χ0) is 17.8. The third-order valence-electron chi connectivity index (χ3n) is 6.00. The molecule has 1 aromatic heterocycles. The highest BCUT2D eigenvalue weighted by atomic mass is 16.5.